The van der Waals surface area contributed by atoms with E-state index in [0.717, 1.165) is 43.2 Å². The first-order valence-electron chi connectivity index (χ1n) is 8.08. The summed E-state index contributed by atoms with van der Waals surface area (Å²) in [6.07, 6.45) is 3.88. The molecule has 0 radical (unpaired) electrons. The molecule has 1 unspecified atom stereocenters. The highest BCUT2D eigenvalue weighted by Crippen LogP contribution is 2.23. The second-order valence-corrected chi connectivity index (χ2v) is 6.08. The minimum absolute atomic E-state index is 0. The first kappa shape index (κ1) is 19.7. The van der Waals surface area contributed by atoms with Crippen molar-refractivity contribution in [1.82, 2.24) is 24.8 Å². The van der Waals surface area contributed by atoms with Crippen LogP contribution in [0.4, 0.5) is 0 Å². The van der Waals surface area contributed by atoms with Crippen molar-refractivity contribution in [2.24, 2.45) is 7.05 Å². The number of rotatable bonds is 3. The van der Waals surface area contributed by atoms with Gasteiger partial charge in [0.15, 0.2) is 0 Å². The van der Waals surface area contributed by atoms with Crippen LogP contribution >= 0.6 is 24.8 Å². The van der Waals surface area contributed by atoms with Crippen LogP contribution in [0.2, 0.25) is 0 Å². The number of halogens is 2. The third-order valence-corrected chi connectivity index (χ3v) is 4.53. The van der Waals surface area contributed by atoms with Gasteiger partial charge in [-0.05, 0) is 12.1 Å². The van der Waals surface area contributed by atoms with Gasteiger partial charge in [0.05, 0.1) is 17.3 Å². The summed E-state index contributed by atoms with van der Waals surface area (Å²) in [5.41, 5.74) is 2.18. The molecule has 5 nitrogen and oxygen atoms in total. The molecule has 0 spiro atoms. The molecule has 0 amide bonds. The van der Waals surface area contributed by atoms with Crippen LogP contribution in [0.5, 0.6) is 0 Å². The molecule has 1 aromatic carbocycles. The molecule has 1 saturated heterocycles. The van der Waals surface area contributed by atoms with Gasteiger partial charge in [0.25, 0.3) is 0 Å². The van der Waals surface area contributed by atoms with Gasteiger partial charge in [-0.3, -0.25) is 9.88 Å². The summed E-state index contributed by atoms with van der Waals surface area (Å²) in [4.78, 5) is 11.8. The second kappa shape index (κ2) is 8.63. The molecular formula is C18H23Cl2N5. The minimum Gasteiger partial charge on any atom is -0.337 e. The molecule has 7 heteroatoms. The average Bonchev–Trinajstić information content (AvgIpc) is 3.01. The fourth-order valence-electron chi connectivity index (χ4n) is 3.29. The zero-order chi connectivity index (χ0) is 15.6. The van der Waals surface area contributed by atoms with Gasteiger partial charge in [-0.1, -0.05) is 24.3 Å². The van der Waals surface area contributed by atoms with E-state index in [1.165, 1.54) is 5.39 Å². The van der Waals surface area contributed by atoms with Crippen LogP contribution in [0.15, 0.2) is 48.8 Å². The molecule has 3 aromatic rings. The Balaban J connectivity index is 0.00000113. The number of fused-ring (bicyclic) bond motifs is 1. The Bertz CT molecular complexity index is 820. The lowest BCUT2D eigenvalue weighted by atomic mass is 10.1. The van der Waals surface area contributed by atoms with E-state index in [4.69, 9.17) is 4.98 Å². The van der Waals surface area contributed by atoms with Gasteiger partial charge in [0, 0.05) is 51.0 Å². The largest absolute Gasteiger partial charge is 0.337 e. The number of benzene rings is 1. The molecule has 0 bridgehead atoms. The number of pyridine rings is 1. The number of hydrogen-bond acceptors (Lipinski definition) is 4. The Kier molecular flexibility index (Phi) is 6.79. The zero-order valence-corrected chi connectivity index (χ0v) is 15.8. The van der Waals surface area contributed by atoms with E-state index in [0.29, 0.717) is 0 Å². The third kappa shape index (κ3) is 4.12. The van der Waals surface area contributed by atoms with Crippen LogP contribution in [0, 0.1) is 0 Å². The molecule has 4 rings (SSSR count). The molecule has 2 aromatic heterocycles. The first-order chi connectivity index (χ1) is 11.3. The Morgan fingerprint density at radius 2 is 2.00 bits per heavy atom. The van der Waals surface area contributed by atoms with Gasteiger partial charge >= 0.3 is 0 Å². The Morgan fingerprint density at radius 1 is 1.16 bits per heavy atom. The van der Waals surface area contributed by atoms with Crippen molar-refractivity contribution in [3.63, 3.8) is 0 Å². The van der Waals surface area contributed by atoms with Crippen molar-refractivity contribution in [2.45, 2.75) is 12.6 Å². The number of imidazole rings is 1. The van der Waals surface area contributed by atoms with Crippen LogP contribution in [0.1, 0.15) is 17.6 Å². The number of hydrogen-bond donors (Lipinski definition) is 1. The number of nitrogens with one attached hydrogen (secondary N) is 1. The summed E-state index contributed by atoms with van der Waals surface area (Å²) >= 11 is 0. The van der Waals surface area contributed by atoms with Gasteiger partial charge in [-0.25, -0.2) is 4.98 Å². The first-order valence-corrected chi connectivity index (χ1v) is 8.08. The van der Waals surface area contributed by atoms with Crippen molar-refractivity contribution in [2.75, 3.05) is 19.6 Å². The van der Waals surface area contributed by atoms with E-state index in [1.54, 1.807) is 0 Å². The quantitative estimate of drug-likeness (QED) is 0.759. The van der Waals surface area contributed by atoms with Crippen LogP contribution < -0.4 is 5.32 Å². The SMILES string of the molecule is Cl.Cl.Cn1ccnc1C1CNCCN1Cc1ccc2ccccc2n1. The van der Waals surface area contributed by atoms with Gasteiger partial charge in [-0.15, -0.1) is 24.8 Å². The van der Waals surface area contributed by atoms with Crippen LogP contribution in [-0.4, -0.2) is 39.1 Å². The summed E-state index contributed by atoms with van der Waals surface area (Å²) < 4.78 is 2.11. The lowest BCUT2D eigenvalue weighted by Gasteiger charge is -2.35. The Morgan fingerprint density at radius 3 is 2.80 bits per heavy atom. The molecule has 1 atom stereocenters. The van der Waals surface area contributed by atoms with E-state index in [2.05, 4.69) is 57.1 Å². The number of piperazine rings is 1. The van der Waals surface area contributed by atoms with E-state index < -0.39 is 0 Å². The van der Waals surface area contributed by atoms with Crippen LogP contribution in [-0.2, 0) is 13.6 Å². The Labute approximate surface area is 160 Å². The molecule has 1 aliphatic rings. The minimum atomic E-state index is 0. The van der Waals surface area contributed by atoms with E-state index >= 15 is 0 Å². The molecule has 3 heterocycles. The summed E-state index contributed by atoms with van der Waals surface area (Å²) in [7, 11) is 2.06. The lowest BCUT2D eigenvalue weighted by Crippen LogP contribution is -2.46. The second-order valence-electron chi connectivity index (χ2n) is 6.08. The third-order valence-electron chi connectivity index (χ3n) is 4.53. The van der Waals surface area contributed by atoms with E-state index in [9.17, 15) is 0 Å². The fraction of sp³-hybridized carbons (Fsp3) is 0.333. The lowest BCUT2D eigenvalue weighted by molar-refractivity contribution is 0.143. The predicted molar refractivity (Wildman–Crippen MR) is 105 cm³/mol. The van der Waals surface area contributed by atoms with E-state index in [-0.39, 0.29) is 30.9 Å². The summed E-state index contributed by atoms with van der Waals surface area (Å²) in [5.74, 6) is 1.11. The molecule has 1 fully saturated rings. The number of aromatic nitrogens is 3. The maximum Gasteiger partial charge on any atom is 0.127 e. The van der Waals surface area contributed by atoms with Gasteiger partial charge in [0.2, 0.25) is 0 Å². The summed E-state index contributed by atoms with van der Waals surface area (Å²) in [6.45, 7) is 3.79. The summed E-state index contributed by atoms with van der Waals surface area (Å²) in [5, 5.41) is 4.67. The van der Waals surface area contributed by atoms with Gasteiger partial charge in [0.1, 0.15) is 5.82 Å². The normalized spacial score (nSPS) is 17.7. The highest BCUT2D eigenvalue weighted by molar-refractivity contribution is 5.85. The van der Waals surface area contributed by atoms with Gasteiger partial charge < -0.3 is 9.88 Å². The van der Waals surface area contributed by atoms with Gasteiger partial charge in [-0.2, -0.15) is 0 Å². The molecule has 0 saturated carbocycles. The standard InChI is InChI=1S/C18H21N5.2ClH/c1-22-10-9-20-18(22)17-12-19-8-11-23(17)13-15-7-6-14-4-2-3-5-16(14)21-15;;/h2-7,9-10,17,19H,8,11-13H2,1H3;2*1H. The average molecular weight is 380 g/mol. The smallest absolute Gasteiger partial charge is 0.127 e. The van der Waals surface area contributed by atoms with E-state index in [1.807, 2.05) is 18.5 Å². The molecular weight excluding hydrogens is 357 g/mol. The number of para-hydroxylation sites is 1. The summed E-state index contributed by atoms with van der Waals surface area (Å²) in [6, 6.07) is 12.9. The van der Waals surface area contributed by atoms with Crippen molar-refractivity contribution in [3.8, 4) is 0 Å². The molecule has 0 aliphatic carbocycles. The van der Waals surface area contributed by atoms with Crippen molar-refractivity contribution < 1.29 is 0 Å². The van der Waals surface area contributed by atoms with Crippen molar-refractivity contribution in [3.05, 3.63) is 60.3 Å². The predicted octanol–water partition coefficient (Wildman–Crippen LogP) is 2.96. The fourth-order valence-corrected chi connectivity index (χ4v) is 3.29. The zero-order valence-electron chi connectivity index (χ0n) is 14.1. The van der Waals surface area contributed by atoms with Crippen LogP contribution in [0.25, 0.3) is 10.9 Å². The topological polar surface area (TPSA) is 46.0 Å². The van der Waals surface area contributed by atoms with Crippen molar-refractivity contribution in [1.29, 1.82) is 0 Å². The number of nitrogens with zero attached hydrogens (tertiary/aromatic N) is 4. The maximum absolute atomic E-state index is 4.82. The Hall–Kier alpha value is -1.66. The monoisotopic (exact) mass is 379 g/mol. The molecule has 134 valence electrons. The molecule has 25 heavy (non-hydrogen) atoms. The van der Waals surface area contributed by atoms with Crippen LogP contribution in [0.3, 0.4) is 0 Å². The van der Waals surface area contributed by atoms with Crippen molar-refractivity contribution >= 4 is 35.7 Å². The molecule has 1 aliphatic heterocycles. The maximum atomic E-state index is 4.82. The number of aryl methyl sites for hydroxylation is 1. The highest BCUT2D eigenvalue weighted by atomic mass is 35.5. The highest BCUT2D eigenvalue weighted by Gasteiger charge is 2.26. The molecule has 1 N–H and O–H groups in total.